The standard InChI is InChI=1S/C20H19ClN2O4S/c21-15-10-8-14(9-11-15)18-23-20(28(24,25)17-6-2-1-3-7-17)19(27-18)22-13-16-5-4-12-26-16/h1-3,6-11,16,22H,4-5,12-13H2/t16-/m1/s1. The maximum Gasteiger partial charge on any atom is 0.233 e. The molecule has 146 valence electrons. The van der Waals surface area contributed by atoms with Gasteiger partial charge in [-0.05, 0) is 49.2 Å². The van der Waals surface area contributed by atoms with Crippen LogP contribution in [0.25, 0.3) is 11.5 Å². The molecule has 1 aliphatic heterocycles. The van der Waals surface area contributed by atoms with Gasteiger partial charge in [0.2, 0.25) is 26.6 Å². The second-order valence-corrected chi connectivity index (χ2v) is 8.79. The van der Waals surface area contributed by atoms with E-state index in [2.05, 4.69) is 10.3 Å². The number of benzene rings is 2. The summed E-state index contributed by atoms with van der Waals surface area (Å²) in [7, 11) is -3.84. The molecule has 0 amide bonds. The van der Waals surface area contributed by atoms with Crippen LogP contribution in [-0.2, 0) is 14.6 Å². The quantitative estimate of drug-likeness (QED) is 0.638. The average molecular weight is 419 g/mol. The van der Waals surface area contributed by atoms with E-state index in [0.29, 0.717) is 23.7 Å². The zero-order valence-corrected chi connectivity index (χ0v) is 16.5. The Morgan fingerprint density at radius 2 is 1.86 bits per heavy atom. The van der Waals surface area contributed by atoms with Gasteiger partial charge in [-0.15, -0.1) is 0 Å². The van der Waals surface area contributed by atoms with Crippen molar-refractivity contribution in [1.82, 2.24) is 4.98 Å². The maximum absolute atomic E-state index is 13.1. The van der Waals surface area contributed by atoms with Crippen LogP contribution in [0.4, 0.5) is 5.88 Å². The number of halogens is 1. The molecule has 0 aliphatic carbocycles. The van der Waals surface area contributed by atoms with Gasteiger partial charge in [-0.25, -0.2) is 8.42 Å². The van der Waals surface area contributed by atoms with E-state index in [9.17, 15) is 8.42 Å². The van der Waals surface area contributed by atoms with E-state index >= 15 is 0 Å². The van der Waals surface area contributed by atoms with Crippen LogP contribution >= 0.6 is 11.6 Å². The lowest BCUT2D eigenvalue weighted by atomic mass is 10.2. The Hall–Kier alpha value is -2.35. The fraction of sp³-hybridized carbons (Fsp3) is 0.250. The number of rotatable bonds is 6. The van der Waals surface area contributed by atoms with E-state index < -0.39 is 9.84 Å². The lowest BCUT2D eigenvalue weighted by Gasteiger charge is -2.10. The lowest BCUT2D eigenvalue weighted by Crippen LogP contribution is -2.19. The van der Waals surface area contributed by atoms with Gasteiger partial charge in [0.1, 0.15) is 0 Å². The highest BCUT2D eigenvalue weighted by Crippen LogP contribution is 2.33. The molecule has 0 saturated carbocycles. The molecule has 2 aromatic carbocycles. The van der Waals surface area contributed by atoms with Crippen LogP contribution in [0.5, 0.6) is 0 Å². The first kappa shape index (κ1) is 19.0. The molecule has 28 heavy (non-hydrogen) atoms. The molecule has 3 aromatic rings. The summed E-state index contributed by atoms with van der Waals surface area (Å²) in [6.07, 6.45) is 1.94. The molecule has 6 nitrogen and oxygen atoms in total. The third kappa shape index (κ3) is 3.92. The van der Waals surface area contributed by atoms with Crippen molar-refractivity contribution < 1.29 is 17.6 Å². The molecular formula is C20H19ClN2O4S. The van der Waals surface area contributed by atoms with Crippen LogP contribution in [0, 0.1) is 0 Å². The first-order valence-corrected chi connectivity index (χ1v) is 10.8. The molecule has 0 unspecified atom stereocenters. The number of anilines is 1. The Bertz CT molecular complexity index is 1040. The van der Waals surface area contributed by atoms with Crippen molar-refractivity contribution in [2.75, 3.05) is 18.5 Å². The fourth-order valence-electron chi connectivity index (χ4n) is 3.04. The molecule has 1 aromatic heterocycles. The van der Waals surface area contributed by atoms with Crippen molar-refractivity contribution in [3.63, 3.8) is 0 Å². The van der Waals surface area contributed by atoms with Gasteiger partial charge in [0, 0.05) is 23.7 Å². The number of sulfone groups is 1. The van der Waals surface area contributed by atoms with Gasteiger partial charge in [-0.2, -0.15) is 4.98 Å². The van der Waals surface area contributed by atoms with Crippen molar-refractivity contribution in [2.45, 2.75) is 28.9 Å². The Kier molecular flexibility index (Phi) is 5.39. The zero-order chi connectivity index (χ0) is 19.6. The van der Waals surface area contributed by atoms with Gasteiger partial charge < -0.3 is 14.5 Å². The van der Waals surface area contributed by atoms with Crippen molar-refractivity contribution in [3.8, 4) is 11.5 Å². The Morgan fingerprint density at radius 3 is 2.54 bits per heavy atom. The monoisotopic (exact) mass is 418 g/mol. The number of nitrogens with one attached hydrogen (secondary N) is 1. The summed E-state index contributed by atoms with van der Waals surface area (Å²) in [5.41, 5.74) is 0.638. The van der Waals surface area contributed by atoms with E-state index in [1.807, 2.05) is 0 Å². The van der Waals surface area contributed by atoms with Gasteiger partial charge in [-0.3, -0.25) is 0 Å². The van der Waals surface area contributed by atoms with Crippen LogP contribution < -0.4 is 5.32 Å². The average Bonchev–Trinajstić information content (AvgIpc) is 3.38. The van der Waals surface area contributed by atoms with E-state index in [1.54, 1.807) is 42.5 Å². The predicted molar refractivity (Wildman–Crippen MR) is 106 cm³/mol. The molecule has 1 N–H and O–H groups in total. The van der Waals surface area contributed by atoms with Crippen molar-refractivity contribution in [2.24, 2.45) is 0 Å². The Labute approximate surface area is 168 Å². The normalized spacial score (nSPS) is 17.0. The largest absolute Gasteiger partial charge is 0.419 e. The van der Waals surface area contributed by atoms with Gasteiger partial charge >= 0.3 is 0 Å². The second-order valence-electron chi connectivity index (χ2n) is 6.49. The van der Waals surface area contributed by atoms with Crippen LogP contribution in [0.1, 0.15) is 12.8 Å². The van der Waals surface area contributed by atoms with Crippen molar-refractivity contribution in [1.29, 1.82) is 0 Å². The zero-order valence-electron chi connectivity index (χ0n) is 15.0. The van der Waals surface area contributed by atoms with E-state index in [1.165, 1.54) is 12.1 Å². The minimum Gasteiger partial charge on any atom is -0.419 e. The minimum absolute atomic E-state index is 0.0244. The summed E-state index contributed by atoms with van der Waals surface area (Å²) in [6, 6.07) is 15.0. The van der Waals surface area contributed by atoms with E-state index in [0.717, 1.165) is 12.8 Å². The summed E-state index contributed by atoms with van der Waals surface area (Å²) in [5.74, 6) is 0.324. The van der Waals surface area contributed by atoms with Crippen LogP contribution in [0.3, 0.4) is 0 Å². The van der Waals surface area contributed by atoms with Gasteiger partial charge in [0.15, 0.2) is 0 Å². The van der Waals surface area contributed by atoms with Crippen LogP contribution in [0.15, 0.2) is 68.9 Å². The van der Waals surface area contributed by atoms with Gasteiger partial charge in [0.05, 0.1) is 11.0 Å². The molecule has 4 rings (SSSR count). The Morgan fingerprint density at radius 1 is 1.11 bits per heavy atom. The molecule has 2 heterocycles. The molecular weight excluding hydrogens is 400 g/mol. The Balaban J connectivity index is 1.72. The number of hydrogen-bond donors (Lipinski definition) is 1. The molecule has 0 bridgehead atoms. The minimum atomic E-state index is -3.84. The number of aromatic nitrogens is 1. The first-order valence-electron chi connectivity index (χ1n) is 8.96. The molecule has 1 aliphatic rings. The highest BCUT2D eigenvalue weighted by atomic mass is 35.5. The smallest absolute Gasteiger partial charge is 0.233 e. The number of ether oxygens (including phenoxy) is 1. The van der Waals surface area contributed by atoms with Crippen LogP contribution in [0.2, 0.25) is 5.02 Å². The number of hydrogen-bond acceptors (Lipinski definition) is 6. The molecule has 1 atom stereocenters. The van der Waals surface area contributed by atoms with E-state index in [-0.39, 0.29) is 27.8 Å². The fourth-order valence-corrected chi connectivity index (χ4v) is 4.46. The second kappa shape index (κ2) is 7.95. The molecule has 0 spiro atoms. The summed E-state index contributed by atoms with van der Waals surface area (Å²) in [4.78, 5) is 4.46. The van der Waals surface area contributed by atoms with Crippen LogP contribution in [-0.4, -0.2) is 32.7 Å². The third-order valence-electron chi connectivity index (χ3n) is 4.51. The van der Waals surface area contributed by atoms with Crippen molar-refractivity contribution >= 4 is 27.3 Å². The molecule has 0 radical (unpaired) electrons. The number of oxazole rings is 1. The SMILES string of the molecule is O=S(=O)(c1ccccc1)c1nc(-c2ccc(Cl)cc2)oc1NC[C@H]1CCCO1. The summed E-state index contributed by atoms with van der Waals surface area (Å²) in [5, 5.41) is 3.51. The molecule has 1 saturated heterocycles. The maximum atomic E-state index is 13.1. The highest BCUT2D eigenvalue weighted by molar-refractivity contribution is 7.91. The summed E-state index contributed by atoms with van der Waals surface area (Å²) >= 11 is 5.94. The highest BCUT2D eigenvalue weighted by Gasteiger charge is 2.29. The lowest BCUT2D eigenvalue weighted by molar-refractivity contribution is 0.120. The van der Waals surface area contributed by atoms with E-state index in [4.69, 9.17) is 20.8 Å². The summed E-state index contributed by atoms with van der Waals surface area (Å²) in [6.45, 7) is 1.17. The third-order valence-corrected chi connectivity index (χ3v) is 6.44. The van der Waals surface area contributed by atoms with Gasteiger partial charge in [0.25, 0.3) is 0 Å². The summed E-state index contributed by atoms with van der Waals surface area (Å²) < 4.78 is 37.7. The first-order chi connectivity index (χ1) is 13.5. The number of nitrogens with zero attached hydrogens (tertiary/aromatic N) is 1. The molecule has 1 fully saturated rings. The topological polar surface area (TPSA) is 81.4 Å². The molecule has 8 heteroatoms. The predicted octanol–water partition coefficient (Wildman–Crippen LogP) is 4.42. The van der Waals surface area contributed by atoms with Gasteiger partial charge in [-0.1, -0.05) is 29.8 Å². The van der Waals surface area contributed by atoms with Crippen molar-refractivity contribution in [3.05, 3.63) is 59.6 Å².